The van der Waals surface area contributed by atoms with E-state index >= 15 is 0 Å². The Hall–Kier alpha value is -1.05. The van der Waals surface area contributed by atoms with Crippen LogP contribution in [0.2, 0.25) is 0 Å². The van der Waals surface area contributed by atoms with Gasteiger partial charge in [-0.15, -0.1) is 11.8 Å². The zero-order chi connectivity index (χ0) is 10.4. The van der Waals surface area contributed by atoms with Crippen LogP contribution in [-0.4, -0.2) is 22.5 Å². The molecule has 3 nitrogen and oxygen atoms in total. The lowest BCUT2D eigenvalue weighted by molar-refractivity contribution is 0.250. The Labute approximate surface area is 87.8 Å². The Balaban J connectivity index is 2.55. The molecule has 1 N–H and O–H groups in total. The molecule has 14 heavy (non-hydrogen) atoms. The highest BCUT2D eigenvalue weighted by molar-refractivity contribution is 7.99. The van der Waals surface area contributed by atoms with Crippen molar-refractivity contribution in [3.63, 3.8) is 0 Å². The van der Waals surface area contributed by atoms with Gasteiger partial charge in [0.05, 0.1) is 16.7 Å². The van der Waals surface area contributed by atoms with Crippen molar-refractivity contribution in [3.05, 3.63) is 23.9 Å². The highest BCUT2D eigenvalue weighted by Gasteiger charge is 2.02. The van der Waals surface area contributed by atoms with Crippen LogP contribution in [0.4, 0.5) is 0 Å². The predicted octanol–water partition coefficient (Wildman–Crippen LogP) is 1.67. The van der Waals surface area contributed by atoms with Gasteiger partial charge in [0.25, 0.3) is 0 Å². The number of aliphatic hydroxyl groups excluding tert-OH is 1. The van der Waals surface area contributed by atoms with Crippen LogP contribution in [-0.2, 0) is 0 Å². The molecule has 0 aromatic carbocycles. The molecule has 0 bridgehead atoms. The fraction of sp³-hybridized carbons (Fsp3) is 0.400. The van der Waals surface area contributed by atoms with Crippen molar-refractivity contribution in [2.24, 2.45) is 5.92 Å². The Morgan fingerprint density at radius 3 is 3.14 bits per heavy atom. The molecule has 0 saturated carbocycles. The largest absolute Gasteiger partial charge is 0.396 e. The van der Waals surface area contributed by atoms with Gasteiger partial charge in [-0.1, -0.05) is 6.92 Å². The van der Waals surface area contributed by atoms with Gasteiger partial charge in [-0.2, -0.15) is 5.26 Å². The number of hydrogen-bond acceptors (Lipinski definition) is 4. The lowest BCUT2D eigenvalue weighted by Gasteiger charge is -2.05. The molecule has 1 rings (SSSR count). The third kappa shape index (κ3) is 3.36. The van der Waals surface area contributed by atoms with Gasteiger partial charge in [-0.3, -0.25) is 0 Å². The summed E-state index contributed by atoms with van der Waals surface area (Å²) in [6, 6.07) is 5.51. The minimum absolute atomic E-state index is 0.185. The van der Waals surface area contributed by atoms with Crippen LogP contribution in [0.15, 0.2) is 23.4 Å². The van der Waals surface area contributed by atoms with E-state index in [-0.39, 0.29) is 12.5 Å². The SMILES string of the molecule is CC(CO)CSc1cc(C#N)ccn1. The van der Waals surface area contributed by atoms with Gasteiger partial charge in [0, 0.05) is 18.6 Å². The molecular formula is C10H12N2OS. The quantitative estimate of drug-likeness (QED) is 0.765. The number of rotatable bonds is 4. The van der Waals surface area contributed by atoms with Crippen LogP contribution >= 0.6 is 11.8 Å². The highest BCUT2D eigenvalue weighted by atomic mass is 32.2. The van der Waals surface area contributed by atoms with Gasteiger partial charge in [-0.05, 0) is 18.1 Å². The molecule has 0 aliphatic heterocycles. The first kappa shape index (κ1) is 11.0. The third-order valence-electron chi connectivity index (χ3n) is 1.69. The van der Waals surface area contributed by atoms with E-state index in [1.807, 2.05) is 6.92 Å². The Morgan fingerprint density at radius 2 is 2.50 bits per heavy atom. The zero-order valence-corrected chi connectivity index (χ0v) is 8.79. The summed E-state index contributed by atoms with van der Waals surface area (Å²) in [4.78, 5) is 4.12. The zero-order valence-electron chi connectivity index (χ0n) is 7.97. The summed E-state index contributed by atoms with van der Waals surface area (Å²) in [7, 11) is 0. The van der Waals surface area contributed by atoms with E-state index in [0.717, 1.165) is 10.8 Å². The second-order valence-electron chi connectivity index (χ2n) is 3.09. The number of nitrogens with zero attached hydrogens (tertiary/aromatic N) is 2. The average molecular weight is 208 g/mol. The minimum atomic E-state index is 0.185. The van der Waals surface area contributed by atoms with E-state index in [9.17, 15) is 0 Å². The molecule has 0 aliphatic rings. The number of aromatic nitrogens is 1. The van der Waals surface area contributed by atoms with Crippen molar-refractivity contribution in [2.75, 3.05) is 12.4 Å². The van der Waals surface area contributed by atoms with E-state index in [1.165, 1.54) is 0 Å². The second kappa shape index (κ2) is 5.63. The first-order valence-corrected chi connectivity index (χ1v) is 5.34. The molecular weight excluding hydrogens is 196 g/mol. The van der Waals surface area contributed by atoms with Gasteiger partial charge in [0.15, 0.2) is 0 Å². The van der Waals surface area contributed by atoms with Gasteiger partial charge >= 0.3 is 0 Å². The molecule has 1 aromatic rings. The fourth-order valence-electron chi connectivity index (χ4n) is 0.838. The lowest BCUT2D eigenvalue weighted by Crippen LogP contribution is -2.03. The smallest absolute Gasteiger partial charge is 0.0993 e. The predicted molar refractivity (Wildman–Crippen MR) is 55.9 cm³/mol. The molecule has 0 aliphatic carbocycles. The van der Waals surface area contributed by atoms with E-state index < -0.39 is 0 Å². The molecule has 4 heteroatoms. The molecule has 1 unspecified atom stereocenters. The van der Waals surface area contributed by atoms with Crippen molar-refractivity contribution < 1.29 is 5.11 Å². The number of pyridine rings is 1. The summed E-state index contributed by atoms with van der Waals surface area (Å²) in [6.07, 6.45) is 1.63. The van der Waals surface area contributed by atoms with Crippen molar-refractivity contribution in [2.45, 2.75) is 11.9 Å². The van der Waals surface area contributed by atoms with Crippen molar-refractivity contribution >= 4 is 11.8 Å². The molecule has 0 amide bonds. The molecule has 0 spiro atoms. The summed E-state index contributed by atoms with van der Waals surface area (Å²) in [6.45, 7) is 2.16. The maximum Gasteiger partial charge on any atom is 0.0993 e. The maximum absolute atomic E-state index is 8.83. The molecule has 0 radical (unpaired) electrons. The summed E-state index contributed by atoms with van der Waals surface area (Å²) >= 11 is 1.56. The van der Waals surface area contributed by atoms with E-state index in [1.54, 1.807) is 30.1 Å². The monoisotopic (exact) mass is 208 g/mol. The first-order chi connectivity index (χ1) is 6.76. The van der Waals surface area contributed by atoms with Crippen molar-refractivity contribution in [1.82, 2.24) is 4.98 Å². The number of thioether (sulfide) groups is 1. The molecule has 1 aromatic heterocycles. The van der Waals surface area contributed by atoms with Gasteiger partial charge in [0.2, 0.25) is 0 Å². The lowest BCUT2D eigenvalue weighted by atomic mass is 10.2. The fourth-order valence-corrected chi connectivity index (χ4v) is 1.74. The van der Waals surface area contributed by atoms with E-state index in [0.29, 0.717) is 5.56 Å². The van der Waals surface area contributed by atoms with Crippen molar-refractivity contribution in [1.29, 1.82) is 5.26 Å². The number of hydrogen-bond donors (Lipinski definition) is 1. The van der Waals surface area contributed by atoms with Crippen LogP contribution < -0.4 is 0 Å². The first-order valence-electron chi connectivity index (χ1n) is 4.36. The van der Waals surface area contributed by atoms with Crippen molar-refractivity contribution in [3.8, 4) is 6.07 Å². The molecule has 0 saturated heterocycles. The van der Waals surface area contributed by atoms with Gasteiger partial charge < -0.3 is 5.11 Å². The second-order valence-corrected chi connectivity index (χ2v) is 4.13. The third-order valence-corrected chi connectivity index (χ3v) is 2.95. The summed E-state index contributed by atoms with van der Waals surface area (Å²) < 4.78 is 0. The summed E-state index contributed by atoms with van der Waals surface area (Å²) in [5.41, 5.74) is 0.624. The standard InChI is InChI=1S/C10H12N2OS/c1-8(6-13)7-14-10-4-9(5-11)2-3-12-10/h2-4,8,13H,6-7H2,1H3. The summed E-state index contributed by atoms with van der Waals surface area (Å²) in [5, 5.41) is 18.3. The number of aliphatic hydroxyl groups is 1. The molecule has 74 valence electrons. The van der Waals surface area contributed by atoms with E-state index in [4.69, 9.17) is 10.4 Å². The van der Waals surface area contributed by atoms with E-state index in [2.05, 4.69) is 11.1 Å². The summed E-state index contributed by atoms with van der Waals surface area (Å²) in [5.74, 6) is 1.07. The molecule has 0 fully saturated rings. The van der Waals surface area contributed by atoms with Crippen LogP contribution in [0.3, 0.4) is 0 Å². The van der Waals surface area contributed by atoms with Crippen LogP contribution in [0.25, 0.3) is 0 Å². The normalized spacial score (nSPS) is 12.1. The molecule has 1 heterocycles. The number of nitriles is 1. The highest BCUT2D eigenvalue weighted by Crippen LogP contribution is 2.18. The Bertz CT molecular complexity index is 335. The van der Waals surface area contributed by atoms with Crippen LogP contribution in [0.5, 0.6) is 0 Å². The maximum atomic E-state index is 8.83. The van der Waals surface area contributed by atoms with Crippen LogP contribution in [0, 0.1) is 17.2 Å². The Morgan fingerprint density at radius 1 is 1.71 bits per heavy atom. The average Bonchev–Trinajstić information content (AvgIpc) is 2.26. The van der Waals surface area contributed by atoms with Crippen LogP contribution in [0.1, 0.15) is 12.5 Å². The topological polar surface area (TPSA) is 56.9 Å². The van der Waals surface area contributed by atoms with Gasteiger partial charge in [-0.25, -0.2) is 4.98 Å². The molecule has 1 atom stereocenters. The minimum Gasteiger partial charge on any atom is -0.396 e. The van der Waals surface area contributed by atoms with Gasteiger partial charge in [0.1, 0.15) is 0 Å². The Kier molecular flexibility index (Phi) is 4.44.